The molecule has 0 aromatic heterocycles. The summed E-state index contributed by atoms with van der Waals surface area (Å²) in [5, 5.41) is 0. The molecule has 30 heavy (non-hydrogen) atoms. The zero-order valence-corrected chi connectivity index (χ0v) is 17.1. The minimum absolute atomic E-state index is 0.0600. The highest BCUT2D eigenvalue weighted by atomic mass is 32.2. The van der Waals surface area contributed by atoms with Gasteiger partial charge in [0.25, 0.3) is 10.0 Å². The third-order valence-electron chi connectivity index (χ3n) is 4.91. The van der Waals surface area contributed by atoms with Crippen LogP contribution in [0.15, 0.2) is 88.8 Å². The van der Waals surface area contributed by atoms with Gasteiger partial charge in [-0.1, -0.05) is 60.2 Å². The number of carbonyl (C=O) groups is 1. The van der Waals surface area contributed by atoms with Crippen molar-refractivity contribution in [3.63, 3.8) is 0 Å². The van der Waals surface area contributed by atoms with E-state index in [1.165, 1.54) is 0 Å². The topological polar surface area (TPSA) is 75.6 Å². The Morgan fingerprint density at radius 2 is 1.60 bits per heavy atom. The molecule has 3 aromatic rings. The van der Waals surface area contributed by atoms with E-state index in [2.05, 4.69) is 9.71 Å². The highest BCUT2D eigenvalue weighted by Gasteiger charge is 2.22. The number of carbonyl (C=O) groups excluding carboxylic acids is 1. The van der Waals surface area contributed by atoms with Crippen LogP contribution in [0.3, 0.4) is 0 Å². The number of allylic oxidation sites excluding steroid dienone is 1. The van der Waals surface area contributed by atoms with Crippen LogP contribution in [0.2, 0.25) is 0 Å². The van der Waals surface area contributed by atoms with Crippen molar-refractivity contribution in [2.24, 2.45) is 4.99 Å². The lowest BCUT2D eigenvalue weighted by Gasteiger charge is -2.17. The van der Waals surface area contributed by atoms with Crippen LogP contribution in [-0.4, -0.2) is 20.4 Å². The first-order valence-electron chi connectivity index (χ1n) is 9.47. The van der Waals surface area contributed by atoms with Crippen LogP contribution in [0.4, 0.5) is 11.4 Å². The number of benzene rings is 3. The molecule has 5 nitrogen and oxygen atoms in total. The number of sulfonamides is 1. The van der Waals surface area contributed by atoms with E-state index >= 15 is 0 Å². The molecule has 0 amide bonds. The van der Waals surface area contributed by atoms with Gasteiger partial charge in [0, 0.05) is 6.21 Å². The second-order valence-corrected chi connectivity index (χ2v) is 8.74. The van der Waals surface area contributed by atoms with E-state index in [0.717, 1.165) is 16.7 Å². The summed E-state index contributed by atoms with van der Waals surface area (Å²) in [5.41, 5.74) is 3.62. The molecule has 0 spiro atoms. The number of para-hydroxylation sites is 2. The summed E-state index contributed by atoms with van der Waals surface area (Å²) in [6.07, 6.45) is 4.92. The number of aryl methyl sites for hydroxylation is 1. The van der Waals surface area contributed by atoms with Crippen LogP contribution in [0.1, 0.15) is 22.6 Å². The number of anilines is 1. The van der Waals surface area contributed by atoms with Crippen LogP contribution >= 0.6 is 0 Å². The molecule has 6 heteroatoms. The second kappa shape index (κ2) is 8.08. The lowest BCUT2D eigenvalue weighted by atomic mass is 9.87. The molecule has 1 N–H and O–H groups in total. The van der Waals surface area contributed by atoms with Gasteiger partial charge >= 0.3 is 0 Å². The zero-order chi connectivity index (χ0) is 21.1. The normalized spacial score (nSPS) is 15.9. The highest BCUT2D eigenvalue weighted by molar-refractivity contribution is 7.92. The zero-order valence-electron chi connectivity index (χ0n) is 16.3. The molecule has 0 saturated heterocycles. The lowest BCUT2D eigenvalue weighted by molar-refractivity contribution is -0.114. The molecule has 0 saturated carbocycles. The standard InChI is InChI=1S/C24H20N2O3S/c1-17-10-13-19(14-11-17)30(28,29)26-23-9-5-4-8-22(23)25-16-21-20-7-3-2-6-18(20)12-15-24(21)27/h2-16,21,26H,1H3. The Hall–Kier alpha value is -3.51. The van der Waals surface area contributed by atoms with Crippen molar-refractivity contribution >= 4 is 39.5 Å². The fourth-order valence-electron chi connectivity index (χ4n) is 3.28. The summed E-state index contributed by atoms with van der Waals surface area (Å²) in [4.78, 5) is 17.1. The van der Waals surface area contributed by atoms with Gasteiger partial charge in [-0.15, -0.1) is 0 Å². The molecule has 0 bridgehead atoms. The van der Waals surface area contributed by atoms with Crippen molar-refractivity contribution in [3.05, 3.63) is 95.6 Å². The van der Waals surface area contributed by atoms with Gasteiger partial charge in [-0.2, -0.15) is 0 Å². The summed E-state index contributed by atoms with van der Waals surface area (Å²) >= 11 is 0. The van der Waals surface area contributed by atoms with Crippen molar-refractivity contribution in [1.29, 1.82) is 0 Å². The van der Waals surface area contributed by atoms with Gasteiger partial charge in [0.15, 0.2) is 5.78 Å². The monoisotopic (exact) mass is 416 g/mol. The molecule has 1 atom stereocenters. The van der Waals surface area contributed by atoms with Crippen molar-refractivity contribution < 1.29 is 13.2 Å². The highest BCUT2D eigenvalue weighted by Crippen LogP contribution is 2.30. The average molecular weight is 417 g/mol. The fourth-order valence-corrected chi connectivity index (χ4v) is 4.35. The van der Waals surface area contributed by atoms with E-state index in [-0.39, 0.29) is 10.7 Å². The summed E-state index contributed by atoms with van der Waals surface area (Å²) in [6, 6.07) is 21.1. The molecule has 1 unspecified atom stereocenters. The second-order valence-electron chi connectivity index (χ2n) is 7.06. The van der Waals surface area contributed by atoms with Crippen LogP contribution in [-0.2, 0) is 14.8 Å². The fraction of sp³-hybridized carbons (Fsp3) is 0.0833. The molecule has 1 aliphatic carbocycles. The number of nitrogens with one attached hydrogen (secondary N) is 1. The Kier molecular flexibility index (Phi) is 5.33. The van der Waals surface area contributed by atoms with Crippen molar-refractivity contribution in [1.82, 2.24) is 0 Å². The maximum absolute atomic E-state index is 12.8. The predicted octanol–water partition coefficient (Wildman–Crippen LogP) is 4.88. The van der Waals surface area contributed by atoms with Crippen LogP contribution < -0.4 is 4.72 Å². The largest absolute Gasteiger partial charge is 0.294 e. The minimum atomic E-state index is -3.76. The number of fused-ring (bicyclic) bond motifs is 1. The number of hydrogen-bond donors (Lipinski definition) is 1. The molecule has 3 aromatic carbocycles. The number of aliphatic imine (C=N–C) groups is 1. The van der Waals surface area contributed by atoms with E-state index < -0.39 is 15.9 Å². The molecular weight excluding hydrogens is 396 g/mol. The van der Waals surface area contributed by atoms with Crippen molar-refractivity contribution in [2.75, 3.05) is 4.72 Å². The van der Waals surface area contributed by atoms with E-state index in [1.807, 2.05) is 31.2 Å². The Morgan fingerprint density at radius 3 is 2.40 bits per heavy atom. The van der Waals surface area contributed by atoms with E-state index in [4.69, 9.17) is 0 Å². The Labute approximate surface area is 175 Å². The smallest absolute Gasteiger partial charge is 0.261 e. The van der Waals surface area contributed by atoms with Gasteiger partial charge in [0.2, 0.25) is 0 Å². The summed E-state index contributed by atoms with van der Waals surface area (Å²) in [6.45, 7) is 1.90. The molecule has 0 radical (unpaired) electrons. The first-order valence-corrected chi connectivity index (χ1v) is 11.0. The third-order valence-corrected chi connectivity index (χ3v) is 6.29. The van der Waals surface area contributed by atoms with Gasteiger partial charge < -0.3 is 0 Å². The van der Waals surface area contributed by atoms with Gasteiger partial charge in [-0.05, 0) is 48.4 Å². The first-order chi connectivity index (χ1) is 14.4. The Morgan fingerprint density at radius 1 is 0.900 bits per heavy atom. The molecule has 0 aliphatic heterocycles. The van der Waals surface area contributed by atoms with Crippen LogP contribution in [0.5, 0.6) is 0 Å². The average Bonchev–Trinajstić information content (AvgIpc) is 2.74. The van der Waals surface area contributed by atoms with Gasteiger partial charge in [0.05, 0.1) is 22.2 Å². The molecule has 150 valence electrons. The molecule has 0 heterocycles. The molecule has 4 rings (SSSR count). The molecular formula is C24H20N2O3S. The van der Waals surface area contributed by atoms with Crippen molar-refractivity contribution in [3.8, 4) is 0 Å². The van der Waals surface area contributed by atoms with Gasteiger partial charge in [0.1, 0.15) is 0 Å². The van der Waals surface area contributed by atoms with Crippen LogP contribution in [0.25, 0.3) is 6.08 Å². The van der Waals surface area contributed by atoms with E-state index in [9.17, 15) is 13.2 Å². The summed E-state index contributed by atoms with van der Waals surface area (Å²) in [7, 11) is -3.76. The first kappa shape index (κ1) is 19.8. The minimum Gasteiger partial charge on any atom is -0.294 e. The quantitative estimate of drug-likeness (QED) is 0.603. The van der Waals surface area contributed by atoms with E-state index in [1.54, 1.807) is 66.9 Å². The maximum atomic E-state index is 12.8. The summed E-state index contributed by atoms with van der Waals surface area (Å²) < 4.78 is 28.1. The van der Waals surface area contributed by atoms with Crippen LogP contribution in [0, 0.1) is 6.92 Å². The van der Waals surface area contributed by atoms with E-state index in [0.29, 0.717) is 11.4 Å². The Bertz CT molecular complexity index is 1260. The predicted molar refractivity (Wildman–Crippen MR) is 120 cm³/mol. The number of rotatable bonds is 5. The number of ketones is 1. The number of nitrogens with zero attached hydrogens (tertiary/aromatic N) is 1. The lowest BCUT2D eigenvalue weighted by Crippen LogP contribution is -2.16. The molecule has 0 fully saturated rings. The Balaban J connectivity index is 1.63. The maximum Gasteiger partial charge on any atom is 0.261 e. The molecule has 1 aliphatic rings. The van der Waals surface area contributed by atoms with Gasteiger partial charge in [-0.25, -0.2) is 8.42 Å². The number of hydrogen-bond acceptors (Lipinski definition) is 4. The van der Waals surface area contributed by atoms with Crippen molar-refractivity contribution in [2.45, 2.75) is 17.7 Å². The van der Waals surface area contributed by atoms with Gasteiger partial charge in [-0.3, -0.25) is 14.5 Å². The summed E-state index contributed by atoms with van der Waals surface area (Å²) in [5.74, 6) is -0.567. The SMILES string of the molecule is Cc1ccc(S(=O)(=O)Nc2ccccc2N=CC2C(=O)C=Cc3ccccc32)cc1. The third kappa shape index (κ3) is 4.09.